The van der Waals surface area contributed by atoms with Crippen LogP contribution >= 0.6 is 0 Å². The molecule has 35 heavy (non-hydrogen) atoms. The summed E-state index contributed by atoms with van der Waals surface area (Å²) in [5.74, 6) is -0.0588. The predicted molar refractivity (Wildman–Crippen MR) is 132 cm³/mol. The predicted octanol–water partition coefficient (Wildman–Crippen LogP) is 4.32. The summed E-state index contributed by atoms with van der Waals surface area (Å²) in [6, 6.07) is 13.5. The number of allylic oxidation sites excluding steroid dienone is 3. The topological polar surface area (TPSA) is 83.1 Å². The fourth-order valence-corrected chi connectivity index (χ4v) is 4.91. The van der Waals surface area contributed by atoms with Crippen LogP contribution in [0.2, 0.25) is 0 Å². The monoisotopic (exact) mass is 477 g/mol. The molecule has 1 aliphatic heterocycles. The first kappa shape index (κ1) is 24.4. The summed E-state index contributed by atoms with van der Waals surface area (Å²) in [6.07, 6.45) is 3.74. The Kier molecular flexibility index (Phi) is 7.44. The lowest BCUT2D eigenvalue weighted by Gasteiger charge is -2.38. The van der Waals surface area contributed by atoms with Crippen LogP contribution in [0.4, 0.5) is 0 Å². The highest BCUT2D eigenvalue weighted by Gasteiger charge is 2.44. The highest BCUT2D eigenvalue weighted by atomic mass is 16.5. The average molecular weight is 478 g/mol. The van der Waals surface area contributed by atoms with Crippen LogP contribution in [-0.4, -0.2) is 39.7 Å². The maximum Gasteiger partial charge on any atom is 0.336 e. The minimum Gasteiger partial charge on any atom is -0.493 e. The maximum atomic E-state index is 13.5. The lowest BCUT2D eigenvalue weighted by atomic mass is 9.71. The number of benzene rings is 2. The first-order valence-electron chi connectivity index (χ1n) is 11.7. The van der Waals surface area contributed by atoms with Crippen LogP contribution in [-0.2, 0) is 20.7 Å². The van der Waals surface area contributed by atoms with E-state index in [0.717, 1.165) is 16.8 Å². The fourth-order valence-electron chi connectivity index (χ4n) is 4.91. The summed E-state index contributed by atoms with van der Waals surface area (Å²) < 4.78 is 22.3. The SMILES string of the molecule is COc1cc(C2C(C(=O)OCCc3ccccc3)=C(C)NC3=CCCC(=O)C32)cc(OC)c1OC. The smallest absolute Gasteiger partial charge is 0.336 e. The van der Waals surface area contributed by atoms with Crippen molar-refractivity contribution in [3.8, 4) is 17.2 Å². The molecule has 4 rings (SSSR count). The van der Waals surface area contributed by atoms with E-state index in [9.17, 15) is 9.59 Å². The quantitative estimate of drug-likeness (QED) is 0.567. The Morgan fingerprint density at radius 3 is 2.31 bits per heavy atom. The Hall–Kier alpha value is -3.74. The second-order valence-electron chi connectivity index (χ2n) is 8.61. The second-order valence-corrected chi connectivity index (χ2v) is 8.61. The summed E-state index contributed by atoms with van der Waals surface area (Å²) in [5.41, 5.74) is 3.73. The molecule has 0 aromatic heterocycles. The Bertz CT molecular complexity index is 1140. The van der Waals surface area contributed by atoms with Crippen molar-refractivity contribution in [1.82, 2.24) is 5.32 Å². The highest BCUT2D eigenvalue weighted by molar-refractivity contribution is 5.96. The molecule has 2 unspecified atom stereocenters. The van der Waals surface area contributed by atoms with Gasteiger partial charge in [0.2, 0.25) is 5.75 Å². The number of Topliss-reactive ketones (excluding diaryl/α,β-unsaturated/α-hetero) is 1. The first-order valence-corrected chi connectivity index (χ1v) is 11.7. The minimum atomic E-state index is -0.548. The number of nitrogens with one attached hydrogen (secondary N) is 1. The third kappa shape index (κ3) is 4.90. The molecule has 0 amide bonds. The van der Waals surface area contributed by atoms with Crippen molar-refractivity contribution in [2.45, 2.75) is 32.1 Å². The van der Waals surface area contributed by atoms with Crippen LogP contribution in [0.5, 0.6) is 17.2 Å². The van der Waals surface area contributed by atoms with Gasteiger partial charge in [0.25, 0.3) is 0 Å². The van der Waals surface area contributed by atoms with Crippen molar-refractivity contribution in [3.05, 3.63) is 76.6 Å². The molecule has 0 bridgehead atoms. The van der Waals surface area contributed by atoms with Gasteiger partial charge in [-0.15, -0.1) is 0 Å². The summed E-state index contributed by atoms with van der Waals surface area (Å²) in [6.45, 7) is 2.08. The molecule has 7 heteroatoms. The Labute approximate surface area is 205 Å². The standard InChI is InChI=1S/C28H31NO6/c1-17-24(28(31)35-14-13-18-9-6-5-7-10-18)25(26-20(29-17)11-8-12-21(26)30)19-15-22(32-2)27(34-4)23(16-19)33-3/h5-7,9-11,15-16,25-26,29H,8,12-14H2,1-4H3. The first-order chi connectivity index (χ1) is 17.0. The summed E-state index contributed by atoms with van der Waals surface area (Å²) in [5, 5.41) is 3.30. The third-order valence-electron chi connectivity index (χ3n) is 6.55. The van der Waals surface area contributed by atoms with Crippen molar-refractivity contribution >= 4 is 11.8 Å². The van der Waals surface area contributed by atoms with Gasteiger partial charge < -0.3 is 24.3 Å². The van der Waals surface area contributed by atoms with E-state index in [-0.39, 0.29) is 12.4 Å². The van der Waals surface area contributed by atoms with Crippen LogP contribution in [0, 0.1) is 5.92 Å². The number of carbonyl (C=O) groups is 2. The van der Waals surface area contributed by atoms with Crippen molar-refractivity contribution in [3.63, 3.8) is 0 Å². The van der Waals surface area contributed by atoms with E-state index in [4.69, 9.17) is 18.9 Å². The maximum absolute atomic E-state index is 13.5. The van der Waals surface area contributed by atoms with Crippen LogP contribution < -0.4 is 19.5 Å². The van der Waals surface area contributed by atoms with E-state index < -0.39 is 17.8 Å². The van der Waals surface area contributed by atoms with E-state index >= 15 is 0 Å². The number of methoxy groups -OCH3 is 3. The van der Waals surface area contributed by atoms with E-state index in [0.29, 0.717) is 47.8 Å². The van der Waals surface area contributed by atoms with Crippen LogP contribution in [0.3, 0.4) is 0 Å². The molecule has 2 atom stereocenters. The molecular formula is C28H31NO6. The molecule has 2 aliphatic rings. The zero-order chi connectivity index (χ0) is 24.9. The van der Waals surface area contributed by atoms with Crippen LogP contribution in [0.1, 0.15) is 36.8 Å². The van der Waals surface area contributed by atoms with E-state index in [1.54, 1.807) is 26.4 Å². The van der Waals surface area contributed by atoms with Crippen LogP contribution in [0.25, 0.3) is 0 Å². The van der Waals surface area contributed by atoms with E-state index in [1.807, 2.05) is 43.3 Å². The number of fused-ring (bicyclic) bond motifs is 1. The molecule has 7 nitrogen and oxygen atoms in total. The van der Waals surface area contributed by atoms with Crippen molar-refractivity contribution in [2.24, 2.45) is 5.92 Å². The minimum absolute atomic E-state index is 0.0795. The summed E-state index contributed by atoms with van der Waals surface area (Å²) in [4.78, 5) is 26.6. The van der Waals surface area contributed by atoms with Gasteiger partial charge in [-0.05, 0) is 36.6 Å². The van der Waals surface area contributed by atoms with E-state index in [2.05, 4.69) is 5.32 Å². The largest absolute Gasteiger partial charge is 0.493 e. The number of ketones is 1. The molecule has 2 aromatic rings. The molecule has 1 aliphatic carbocycles. The van der Waals surface area contributed by atoms with Gasteiger partial charge in [0.15, 0.2) is 11.5 Å². The normalized spacial score (nSPS) is 19.3. The molecular weight excluding hydrogens is 446 g/mol. The summed E-state index contributed by atoms with van der Waals surface area (Å²) >= 11 is 0. The van der Waals surface area contributed by atoms with Gasteiger partial charge in [-0.2, -0.15) is 0 Å². The molecule has 0 spiro atoms. The number of esters is 1. The van der Waals surface area contributed by atoms with Gasteiger partial charge in [0, 0.05) is 30.2 Å². The number of hydrogen-bond donors (Lipinski definition) is 1. The van der Waals surface area contributed by atoms with Crippen molar-refractivity contribution in [2.75, 3.05) is 27.9 Å². The lowest BCUT2D eigenvalue weighted by Crippen LogP contribution is -2.40. The van der Waals surface area contributed by atoms with Gasteiger partial charge in [-0.1, -0.05) is 36.4 Å². The van der Waals surface area contributed by atoms with Gasteiger partial charge in [-0.25, -0.2) is 4.79 Å². The van der Waals surface area contributed by atoms with Gasteiger partial charge in [0.05, 0.1) is 39.4 Å². The molecule has 184 valence electrons. The fraction of sp³-hybridized carbons (Fsp3) is 0.357. The summed E-state index contributed by atoms with van der Waals surface area (Å²) in [7, 11) is 4.62. The van der Waals surface area contributed by atoms with Gasteiger partial charge >= 0.3 is 5.97 Å². The average Bonchev–Trinajstić information content (AvgIpc) is 2.87. The van der Waals surface area contributed by atoms with Gasteiger partial charge in [-0.3, -0.25) is 4.79 Å². The second kappa shape index (κ2) is 10.7. The molecule has 1 N–H and O–H groups in total. The molecule has 0 fully saturated rings. The van der Waals surface area contributed by atoms with Crippen molar-refractivity contribution < 1.29 is 28.5 Å². The Balaban J connectivity index is 1.74. The van der Waals surface area contributed by atoms with E-state index in [1.165, 1.54) is 7.11 Å². The number of ether oxygens (including phenoxy) is 4. The number of hydrogen-bond acceptors (Lipinski definition) is 7. The molecule has 0 saturated carbocycles. The molecule has 1 heterocycles. The van der Waals surface area contributed by atoms with Crippen molar-refractivity contribution in [1.29, 1.82) is 0 Å². The molecule has 0 saturated heterocycles. The van der Waals surface area contributed by atoms with Crippen LogP contribution in [0.15, 0.2) is 65.5 Å². The number of rotatable bonds is 8. The molecule has 2 aromatic carbocycles. The third-order valence-corrected chi connectivity index (χ3v) is 6.55. The van der Waals surface area contributed by atoms with Gasteiger partial charge in [0.1, 0.15) is 5.78 Å². The Morgan fingerprint density at radius 2 is 1.69 bits per heavy atom. The Morgan fingerprint density at radius 1 is 1.00 bits per heavy atom. The number of carbonyl (C=O) groups excluding carboxylic acids is 2. The zero-order valence-electron chi connectivity index (χ0n) is 20.6. The highest BCUT2D eigenvalue weighted by Crippen LogP contribution is 2.48. The zero-order valence-corrected chi connectivity index (χ0v) is 20.6. The molecule has 0 radical (unpaired) electrons. The lowest BCUT2D eigenvalue weighted by molar-refractivity contribution is -0.139.